The van der Waals surface area contributed by atoms with Crippen LogP contribution < -0.4 is 4.72 Å². The molecular weight excluding hydrogens is 350 g/mol. The van der Waals surface area contributed by atoms with Crippen LogP contribution in [-0.2, 0) is 16.4 Å². The number of nitrogens with zero attached hydrogens (tertiary/aromatic N) is 2. The Morgan fingerprint density at radius 3 is 2.35 bits per heavy atom. The van der Waals surface area contributed by atoms with Crippen molar-refractivity contribution in [3.63, 3.8) is 0 Å². The lowest BCUT2D eigenvalue weighted by atomic mass is 10.1. The van der Waals surface area contributed by atoms with E-state index in [1.54, 1.807) is 13.8 Å². The largest absolute Gasteiger partial charge is 0.339 e. The number of nitrogens with one attached hydrogen (secondary N) is 1. The monoisotopic (exact) mass is 371 g/mol. The summed E-state index contributed by atoms with van der Waals surface area (Å²) < 4.78 is 33.1. The SMILES string of the molecule is Cc1cc(C)c(S(=O)(=O)NCCc2nc(-c3ccccc3)no2)c(C)c1. The van der Waals surface area contributed by atoms with Gasteiger partial charge in [-0.15, -0.1) is 0 Å². The molecule has 0 aliphatic rings. The Balaban J connectivity index is 1.68. The van der Waals surface area contributed by atoms with Crippen LogP contribution in [0.1, 0.15) is 22.6 Å². The molecule has 1 heterocycles. The molecule has 0 bridgehead atoms. The number of rotatable bonds is 6. The third-order valence-corrected chi connectivity index (χ3v) is 5.77. The number of aromatic nitrogens is 2. The Hall–Kier alpha value is -2.51. The molecule has 1 N–H and O–H groups in total. The molecule has 0 radical (unpaired) electrons. The van der Waals surface area contributed by atoms with Crippen molar-refractivity contribution >= 4 is 10.0 Å². The number of hydrogen-bond donors (Lipinski definition) is 1. The van der Waals surface area contributed by atoms with Crippen molar-refractivity contribution in [1.29, 1.82) is 0 Å². The summed E-state index contributed by atoms with van der Waals surface area (Å²) in [5.74, 6) is 0.887. The van der Waals surface area contributed by atoms with Gasteiger partial charge in [0, 0.05) is 18.5 Å². The molecule has 2 aromatic carbocycles. The van der Waals surface area contributed by atoms with Crippen LogP contribution in [-0.4, -0.2) is 25.1 Å². The molecule has 0 saturated carbocycles. The van der Waals surface area contributed by atoms with E-state index in [0.29, 0.717) is 23.0 Å². The van der Waals surface area contributed by atoms with Crippen LogP contribution in [0, 0.1) is 20.8 Å². The van der Waals surface area contributed by atoms with E-state index in [4.69, 9.17) is 4.52 Å². The zero-order valence-electron chi connectivity index (χ0n) is 15.0. The maximum atomic E-state index is 12.6. The van der Waals surface area contributed by atoms with Crippen LogP contribution in [0.5, 0.6) is 0 Å². The van der Waals surface area contributed by atoms with E-state index in [9.17, 15) is 8.42 Å². The first-order chi connectivity index (χ1) is 12.4. The third-order valence-electron chi connectivity index (χ3n) is 4.00. The Labute approximate surface area is 153 Å². The minimum Gasteiger partial charge on any atom is -0.339 e. The highest BCUT2D eigenvalue weighted by molar-refractivity contribution is 7.89. The Morgan fingerprint density at radius 2 is 1.69 bits per heavy atom. The average molecular weight is 371 g/mol. The first-order valence-corrected chi connectivity index (χ1v) is 9.80. The average Bonchev–Trinajstić information content (AvgIpc) is 3.03. The highest BCUT2D eigenvalue weighted by Gasteiger charge is 2.20. The second kappa shape index (κ2) is 7.39. The normalized spacial score (nSPS) is 11.7. The molecule has 26 heavy (non-hydrogen) atoms. The molecule has 7 heteroatoms. The molecule has 3 aromatic rings. The van der Waals surface area contributed by atoms with Crippen LogP contribution in [0.15, 0.2) is 51.9 Å². The van der Waals surface area contributed by atoms with Gasteiger partial charge in [-0.3, -0.25) is 0 Å². The predicted octanol–water partition coefficient (Wildman–Crippen LogP) is 3.18. The van der Waals surface area contributed by atoms with Gasteiger partial charge in [0.25, 0.3) is 0 Å². The van der Waals surface area contributed by atoms with E-state index >= 15 is 0 Å². The number of sulfonamides is 1. The van der Waals surface area contributed by atoms with Gasteiger partial charge in [-0.25, -0.2) is 13.1 Å². The summed E-state index contributed by atoms with van der Waals surface area (Å²) in [6.07, 6.45) is 0.322. The summed E-state index contributed by atoms with van der Waals surface area (Å²) in [4.78, 5) is 4.64. The summed E-state index contributed by atoms with van der Waals surface area (Å²) in [5, 5.41) is 3.93. The van der Waals surface area contributed by atoms with Gasteiger partial charge in [-0.2, -0.15) is 4.98 Å². The lowest BCUT2D eigenvalue weighted by Crippen LogP contribution is -2.27. The minimum atomic E-state index is -3.59. The Morgan fingerprint density at radius 1 is 1.04 bits per heavy atom. The predicted molar refractivity (Wildman–Crippen MR) is 99.3 cm³/mol. The molecule has 0 atom stereocenters. The molecule has 1 aromatic heterocycles. The lowest BCUT2D eigenvalue weighted by molar-refractivity contribution is 0.379. The summed E-state index contributed by atoms with van der Waals surface area (Å²) in [6.45, 7) is 5.74. The van der Waals surface area contributed by atoms with Crippen molar-refractivity contribution in [2.24, 2.45) is 0 Å². The Kier molecular flexibility index (Phi) is 5.20. The second-order valence-corrected chi connectivity index (χ2v) is 7.96. The van der Waals surface area contributed by atoms with Gasteiger partial charge in [0.1, 0.15) is 0 Å². The fourth-order valence-electron chi connectivity index (χ4n) is 3.02. The Bertz CT molecular complexity index is 989. The third kappa shape index (κ3) is 4.00. The van der Waals surface area contributed by atoms with Gasteiger partial charge in [-0.1, -0.05) is 53.2 Å². The quantitative estimate of drug-likeness (QED) is 0.719. The van der Waals surface area contributed by atoms with Gasteiger partial charge >= 0.3 is 0 Å². The molecule has 136 valence electrons. The van der Waals surface area contributed by atoms with E-state index in [1.165, 1.54) is 0 Å². The molecule has 0 aliphatic heterocycles. The number of hydrogen-bond acceptors (Lipinski definition) is 5. The molecule has 0 unspecified atom stereocenters. The second-order valence-electron chi connectivity index (χ2n) is 6.25. The zero-order chi connectivity index (χ0) is 18.7. The zero-order valence-corrected chi connectivity index (χ0v) is 15.8. The first kappa shape index (κ1) is 18.3. The molecule has 0 amide bonds. The maximum absolute atomic E-state index is 12.6. The molecule has 0 spiro atoms. The van der Waals surface area contributed by atoms with Crippen LogP contribution in [0.4, 0.5) is 0 Å². The van der Waals surface area contributed by atoms with E-state index in [2.05, 4.69) is 14.9 Å². The summed E-state index contributed by atoms with van der Waals surface area (Å²) >= 11 is 0. The number of aryl methyl sites for hydroxylation is 3. The standard InChI is InChI=1S/C19H21N3O3S/c1-13-11-14(2)18(15(3)12-13)26(23,24)20-10-9-17-21-19(22-25-17)16-7-5-4-6-8-16/h4-8,11-12,20H,9-10H2,1-3H3. The first-order valence-electron chi connectivity index (χ1n) is 8.32. The molecule has 0 aliphatic carbocycles. The van der Waals surface area contributed by atoms with Gasteiger partial charge in [0.05, 0.1) is 4.90 Å². The van der Waals surface area contributed by atoms with Crippen molar-refractivity contribution in [2.75, 3.05) is 6.54 Å². The molecule has 0 saturated heterocycles. The highest BCUT2D eigenvalue weighted by Crippen LogP contribution is 2.21. The molecule has 3 rings (SSSR count). The fourth-order valence-corrected chi connectivity index (χ4v) is 4.50. The van der Waals surface area contributed by atoms with Crippen molar-refractivity contribution in [3.05, 3.63) is 65.0 Å². The van der Waals surface area contributed by atoms with Gasteiger partial charge < -0.3 is 4.52 Å². The highest BCUT2D eigenvalue weighted by atomic mass is 32.2. The summed E-state index contributed by atoms with van der Waals surface area (Å²) in [5.41, 5.74) is 3.37. The summed E-state index contributed by atoms with van der Waals surface area (Å²) in [7, 11) is -3.59. The minimum absolute atomic E-state index is 0.186. The van der Waals surface area contributed by atoms with Crippen LogP contribution >= 0.6 is 0 Å². The van der Waals surface area contributed by atoms with Crippen LogP contribution in [0.2, 0.25) is 0 Å². The van der Waals surface area contributed by atoms with Crippen molar-refractivity contribution in [1.82, 2.24) is 14.9 Å². The lowest BCUT2D eigenvalue weighted by Gasteiger charge is -2.12. The van der Waals surface area contributed by atoms with Crippen molar-refractivity contribution in [2.45, 2.75) is 32.1 Å². The summed E-state index contributed by atoms with van der Waals surface area (Å²) in [6, 6.07) is 13.2. The van der Waals surface area contributed by atoms with E-state index in [-0.39, 0.29) is 6.54 Å². The smallest absolute Gasteiger partial charge is 0.241 e. The van der Waals surface area contributed by atoms with Crippen LogP contribution in [0.3, 0.4) is 0 Å². The number of benzene rings is 2. The molecule has 0 fully saturated rings. The molecule has 6 nitrogen and oxygen atoms in total. The topological polar surface area (TPSA) is 85.1 Å². The van der Waals surface area contributed by atoms with Gasteiger partial charge in [0.15, 0.2) is 0 Å². The van der Waals surface area contributed by atoms with Crippen LogP contribution in [0.25, 0.3) is 11.4 Å². The van der Waals surface area contributed by atoms with E-state index in [0.717, 1.165) is 22.3 Å². The fraction of sp³-hybridized carbons (Fsp3) is 0.263. The van der Waals surface area contributed by atoms with Gasteiger partial charge in [-0.05, 0) is 31.9 Å². The van der Waals surface area contributed by atoms with E-state index < -0.39 is 10.0 Å². The maximum Gasteiger partial charge on any atom is 0.241 e. The van der Waals surface area contributed by atoms with Crippen molar-refractivity contribution < 1.29 is 12.9 Å². The molecular formula is C19H21N3O3S. The van der Waals surface area contributed by atoms with Gasteiger partial charge in [0.2, 0.25) is 21.7 Å². The van der Waals surface area contributed by atoms with E-state index in [1.807, 2.05) is 49.4 Å². The van der Waals surface area contributed by atoms with Crippen molar-refractivity contribution in [3.8, 4) is 11.4 Å².